The molecule has 2 rings (SSSR count). The van der Waals surface area contributed by atoms with Crippen molar-refractivity contribution in [3.05, 3.63) is 47.7 Å². The summed E-state index contributed by atoms with van der Waals surface area (Å²) in [6.07, 6.45) is 1.88. The van der Waals surface area contributed by atoms with Crippen LogP contribution in [-0.2, 0) is 5.54 Å². The summed E-state index contributed by atoms with van der Waals surface area (Å²) in [5, 5.41) is 0. The summed E-state index contributed by atoms with van der Waals surface area (Å²) in [5.41, 5.74) is 20.0. The number of rotatable bonds is 3. The minimum absolute atomic E-state index is 0.369. The summed E-state index contributed by atoms with van der Waals surface area (Å²) in [6.45, 7) is 4.75. The van der Waals surface area contributed by atoms with Gasteiger partial charge in [0.2, 0.25) is 0 Å². The molecule has 0 radical (unpaired) electrons. The summed E-state index contributed by atoms with van der Waals surface area (Å²) < 4.78 is 0. The van der Waals surface area contributed by atoms with Gasteiger partial charge in [-0.2, -0.15) is 0 Å². The van der Waals surface area contributed by atoms with Gasteiger partial charge in [-0.05, 0) is 25.5 Å². The number of hydrogen-bond acceptors (Lipinski definition) is 4. The molecule has 19 heavy (non-hydrogen) atoms. The molecule has 0 spiro atoms. The molecule has 6 N–H and O–H groups in total. The van der Waals surface area contributed by atoms with Crippen molar-refractivity contribution in [3.63, 3.8) is 0 Å². The molecule has 4 nitrogen and oxygen atoms in total. The van der Waals surface area contributed by atoms with Crippen LogP contribution in [0.5, 0.6) is 0 Å². The van der Waals surface area contributed by atoms with Gasteiger partial charge in [0.15, 0.2) is 0 Å². The maximum atomic E-state index is 6.26. The number of allylic oxidation sites excluding steroid dienone is 1. The zero-order valence-electron chi connectivity index (χ0n) is 11.6. The molecule has 1 aliphatic heterocycles. The van der Waals surface area contributed by atoms with Gasteiger partial charge >= 0.3 is 0 Å². The largest absolute Gasteiger partial charge is 0.401 e. The molecule has 0 saturated heterocycles. The van der Waals surface area contributed by atoms with Gasteiger partial charge in [-0.1, -0.05) is 30.3 Å². The Bertz CT molecular complexity index is 514. The average molecular weight is 258 g/mol. The molecule has 0 fully saturated rings. The molecule has 0 aliphatic carbocycles. The summed E-state index contributed by atoms with van der Waals surface area (Å²) in [6, 6.07) is 10.1. The van der Waals surface area contributed by atoms with Gasteiger partial charge in [0.25, 0.3) is 0 Å². The monoisotopic (exact) mass is 258 g/mol. The SMILES string of the molecule is CC1=N[C@@](C)(c2ccccc2)C(CN)(CN)C(N)=C1. The summed E-state index contributed by atoms with van der Waals surface area (Å²) in [4.78, 5) is 4.83. The van der Waals surface area contributed by atoms with Crippen molar-refractivity contribution >= 4 is 5.71 Å². The second-order valence-electron chi connectivity index (χ2n) is 5.28. The fourth-order valence-electron chi connectivity index (χ4n) is 2.96. The lowest BCUT2D eigenvalue weighted by molar-refractivity contribution is 0.196. The maximum absolute atomic E-state index is 6.26. The van der Waals surface area contributed by atoms with Crippen LogP contribution >= 0.6 is 0 Å². The first-order chi connectivity index (χ1) is 9.00. The number of benzene rings is 1. The molecule has 1 aromatic rings. The van der Waals surface area contributed by atoms with Crippen LogP contribution in [0.15, 0.2) is 47.1 Å². The van der Waals surface area contributed by atoms with Gasteiger partial charge < -0.3 is 17.2 Å². The normalized spacial score (nSPS) is 25.7. The highest BCUT2D eigenvalue weighted by Crippen LogP contribution is 2.47. The van der Waals surface area contributed by atoms with Crippen molar-refractivity contribution in [1.82, 2.24) is 0 Å². The first kappa shape index (κ1) is 13.8. The van der Waals surface area contributed by atoms with Crippen molar-refractivity contribution in [1.29, 1.82) is 0 Å². The van der Waals surface area contributed by atoms with Crippen LogP contribution in [-0.4, -0.2) is 18.8 Å². The molecule has 102 valence electrons. The Labute approximate surface area is 114 Å². The van der Waals surface area contributed by atoms with Crippen molar-refractivity contribution < 1.29 is 0 Å². The Balaban J connectivity index is 2.67. The molecule has 0 aromatic heterocycles. The van der Waals surface area contributed by atoms with Crippen LogP contribution in [0, 0.1) is 5.41 Å². The van der Waals surface area contributed by atoms with Crippen LogP contribution in [0.3, 0.4) is 0 Å². The number of hydrogen-bond donors (Lipinski definition) is 3. The number of dihydropyridines is 1. The minimum atomic E-state index is -0.534. The molecule has 1 atom stereocenters. The molecule has 1 heterocycles. The van der Waals surface area contributed by atoms with Crippen molar-refractivity contribution in [2.24, 2.45) is 27.6 Å². The molecule has 1 aliphatic rings. The molecule has 0 saturated carbocycles. The molecular formula is C15H22N4. The van der Waals surface area contributed by atoms with Crippen LogP contribution in [0.4, 0.5) is 0 Å². The number of nitrogens with zero attached hydrogens (tertiary/aromatic N) is 1. The fraction of sp³-hybridized carbons (Fsp3) is 0.400. The topological polar surface area (TPSA) is 90.4 Å². The molecule has 0 bridgehead atoms. The van der Waals surface area contributed by atoms with Gasteiger partial charge in [0.1, 0.15) is 0 Å². The molecule has 1 aromatic carbocycles. The van der Waals surface area contributed by atoms with E-state index in [1.807, 2.05) is 31.2 Å². The maximum Gasteiger partial charge on any atom is 0.0966 e. The molecule has 0 unspecified atom stereocenters. The summed E-state index contributed by atoms with van der Waals surface area (Å²) in [7, 11) is 0. The molecule has 4 heteroatoms. The Morgan fingerprint density at radius 2 is 1.68 bits per heavy atom. The standard InChI is InChI=1S/C15H22N4/c1-11-8-13(18)15(9-16,10-17)14(2,19-11)12-6-4-3-5-7-12/h3-8H,9-10,16-18H2,1-2H3/t14-/m0/s1. The number of aliphatic imine (C=N–C) groups is 1. The van der Waals surface area contributed by atoms with Gasteiger partial charge in [0, 0.05) is 24.5 Å². The van der Waals surface area contributed by atoms with E-state index in [2.05, 4.69) is 19.1 Å². The molecule has 0 amide bonds. The Hall–Kier alpha value is -1.65. The first-order valence-electron chi connectivity index (χ1n) is 6.50. The zero-order valence-corrected chi connectivity index (χ0v) is 11.6. The lowest BCUT2D eigenvalue weighted by atomic mass is 9.63. The van der Waals surface area contributed by atoms with E-state index < -0.39 is 11.0 Å². The smallest absolute Gasteiger partial charge is 0.0966 e. The lowest BCUT2D eigenvalue weighted by Gasteiger charge is -2.48. The van der Waals surface area contributed by atoms with E-state index in [0.29, 0.717) is 13.1 Å². The van der Waals surface area contributed by atoms with Gasteiger partial charge in [-0.15, -0.1) is 0 Å². The van der Waals surface area contributed by atoms with E-state index in [1.54, 1.807) is 0 Å². The highest BCUT2D eigenvalue weighted by molar-refractivity contribution is 5.95. The van der Waals surface area contributed by atoms with Crippen LogP contribution < -0.4 is 17.2 Å². The zero-order chi connectivity index (χ0) is 14.1. The van der Waals surface area contributed by atoms with E-state index in [-0.39, 0.29) is 0 Å². The third-order valence-electron chi connectivity index (χ3n) is 4.28. The highest BCUT2D eigenvalue weighted by atomic mass is 15.0. The second kappa shape index (κ2) is 4.79. The van der Waals surface area contributed by atoms with E-state index >= 15 is 0 Å². The third kappa shape index (κ3) is 1.88. The third-order valence-corrected chi connectivity index (χ3v) is 4.28. The Kier molecular flexibility index (Phi) is 3.47. The predicted octanol–water partition coefficient (Wildman–Crippen LogP) is 1.12. The summed E-state index contributed by atoms with van der Waals surface area (Å²) in [5.74, 6) is 0. The van der Waals surface area contributed by atoms with E-state index in [1.165, 1.54) is 0 Å². The van der Waals surface area contributed by atoms with Gasteiger partial charge in [-0.3, -0.25) is 4.99 Å². The quantitative estimate of drug-likeness (QED) is 0.759. The lowest BCUT2D eigenvalue weighted by Crippen LogP contribution is -2.57. The highest BCUT2D eigenvalue weighted by Gasteiger charge is 2.51. The van der Waals surface area contributed by atoms with Crippen LogP contribution in [0.25, 0.3) is 0 Å². The van der Waals surface area contributed by atoms with Gasteiger partial charge in [-0.25, -0.2) is 0 Å². The van der Waals surface area contributed by atoms with Crippen molar-refractivity contribution in [2.75, 3.05) is 13.1 Å². The summed E-state index contributed by atoms with van der Waals surface area (Å²) >= 11 is 0. The molecular weight excluding hydrogens is 236 g/mol. The fourth-order valence-corrected chi connectivity index (χ4v) is 2.96. The minimum Gasteiger partial charge on any atom is -0.401 e. The predicted molar refractivity (Wildman–Crippen MR) is 79.7 cm³/mol. The Morgan fingerprint density at radius 1 is 1.11 bits per heavy atom. The second-order valence-corrected chi connectivity index (χ2v) is 5.28. The van der Waals surface area contributed by atoms with Crippen LogP contribution in [0.1, 0.15) is 19.4 Å². The van der Waals surface area contributed by atoms with Crippen molar-refractivity contribution in [2.45, 2.75) is 19.4 Å². The number of nitrogens with two attached hydrogens (primary N) is 3. The van der Waals surface area contributed by atoms with E-state index in [9.17, 15) is 0 Å². The van der Waals surface area contributed by atoms with Crippen molar-refractivity contribution in [3.8, 4) is 0 Å². The Morgan fingerprint density at radius 3 is 2.21 bits per heavy atom. The van der Waals surface area contributed by atoms with Gasteiger partial charge in [0.05, 0.1) is 11.0 Å². The van der Waals surface area contributed by atoms with E-state index in [4.69, 9.17) is 22.2 Å². The van der Waals surface area contributed by atoms with Crippen LogP contribution in [0.2, 0.25) is 0 Å². The van der Waals surface area contributed by atoms with E-state index in [0.717, 1.165) is 17.0 Å². The average Bonchev–Trinajstić information content (AvgIpc) is 2.40. The first-order valence-corrected chi connectivity index (χ1v) is 6.50.